The molecule has 0 aliphatic rings. The van der Waals surface area contributed by atoms with E-state index in [2.05, 4.69) is 10.3 Å². The van der Waals surface area contributed by atoms with Crippen LogP contribution in [0.1, 0.15) is 10.4 Å². The van der Waals surface area contributed by atoms with Gasteiger partial charge in [-0.15, -0.1) is 0 Å². The molecule has 0 atom stereocenters. The Labute approximate surface area is 147 Å². The van der Waals surface area contributed by atoms with Gasteiger partial charge in [0, 0.05) is 0 Å². The summed E-state index contributed by atoms with van der Waals surface area (Å²) in [6.07, 6.45) is 0. The molecule has 0 spiro atoms. The minimum absolute atomic E-state index is 0.256. The number of aromatic nitrogens is 1. The number of rotatable bonds is 5. The van der Waals surface area contributed by atoms with Crippen LogP contribution in [0.4, 0.5) is 9.52 Å². The summed E-state index contributed by atoms with van der Waals surface area (Å²) in [6, 6.07) is 7.45. The lowest BCUT2D eigenvalue weighted by molar-refractivity contribution is 0.102. The van der Waals surface area contributed by atoms with Crippen molar-refractivity contribution < 1.29 is 23.4 Å². The van der Waals surface area contributed by atoms with Crippen LogP contribution in [-0.4, -0.2) is 32.2 Å². The van der Waals surface area contributed by atoms with Crippen molar-refractivity contribution in [1.82, 2.24) is 4.98 Å². The lowest BCUT2D eigenvalue weighted by Gasteiger charge is -2.15. The van der Waals surface area contributed by atoms with Crippen molar-refractivity contribution in [2.75, 3.05) is 26.6 Å². The number of fused-ring (bicyclic) bond motifs is 1. The highest BCUT2D eigenvalue weighted by molar-refractivity contribution is 7.22. The molecule has 25 heavy (non-hydrogen) atoms. The molecule has 1 N–H and O–H groups in total. The van der Waals surface area contributed by atoms with Crippen LogP contribution < -0.4 is 19.5 Å². The van der Waals surface area contributed by atoms with Gasteiger partial charge < -0.3 is 14.2 Å². The van der Waals surface area contributed by atoms with E-state index >= 15 is 0 Å². The number of methoxy groups -OCH3 is 3. The Bertz CT molecular complexity index is 942. The van der Waals surface area contributed by atoms with Crippen LogP contribution in [0, 0.1) is 5.82 Å². The molecule has 0 aliphatic carbocycles. The van der Waals surface area contributed by atoms with Crippen molar-refractivity contribution in [2.24, 2.45) is 0 Å². The number of benzene rings is 2. The predicted molar refractivity (Wildman–Crippen MR) is 93.6 cm³/mol. The molecule has 1 aromatic heterocycles. The molecule has 3 rings (SSSR count). The van der Waals surface area contributed by atoms with Gasteiger partial charge in [0.1, 0.15) is 5.82 Å². The number of amides is 1. The molecule has 8 heteroatoms. The van der Waals surface area contributed by atoms with Gasteiger partial charge in [0.05, 0.1) is 37.1 Å². The number of nitrogens with one attached hydrogen (secondary N) is 1. The zero-order chi connectivity index (χ0) is 18.0. The maximum absolute atomic E-state index is 13.3. The quantitative estimate of drug-likeness (QED) is 0.749. The second-order valence-electron chi connectivity index (χ2n) is 4.97. The molecule has 130 valence electrons. The van der Waals surface area contributed by atoms with Crippen LogP contribution in [0.3, 0.4) is 0 Å². The second kappa shape index (κ2) is 6.94. The number of ether oxygens (including phenoxy) is 3. The van der Waals surface area contributed by atoms with Crippen LogP contribution >= 0.6 is 11.3 Å². The third-order valence-corrected chi connectivity index (χ3v) is 4.45. The van der Waals surface area contributed by atoms with Gasteiger partial charge in [-0.1, -0.05) is 11.3 Å². The van der Waals surface area contributed by atoms with Crippen molar-refractivity contribution in [3.8, 4) is 17.2 Å². The number of halogens is 1. The molecule has 6 nitrogen and oxygen atoms in total. The summed E-state index contributed by atoms with van der Waals surface area (Å²) < 4.78 is 29.7. The van der Waals surface area contributed by atoms with Crippen LogP contribution in [-0.2, 0) is 0 Å². The van der Waals surface area contributed by atoms with Gasteiger partial charge in [-0.2, -0.15) is 0 Å². The first-order valence-corrected chi connectivity index (χ1v) is 8.05. The Hall–Kier alpha value is -2.87. The van der Waals surface area contributed by atoms with Crippen LogP contribution in [0.15, 0.2) is 30.3 Å². The summed E-state index contributed by atoms with van der Waals surface area (Å²) in [7, 11) is 4.40. The largest absolute Gasteiger partial charge is 0.493 e. The summed E-state index contributed by atoms with van der Waals surface area (Å²) in [6.45, 7) is 0. The summed E-state index contributed by atoms with van der Waals surface area (Å²) >= 11 is 1.19. The van der Waals surface area contributed by atoms with Crippen LogP contribution in [0.2, 0.25) is 0 Å². The molecule has 0 saturated carbocycles. The molecule has 0 bridgehead atoms. The van der Waals surface area contributed by atoms with Crippen molar-refractivity contribution in [1.29, 1.82) is 0 Å². The first-order chi connectivity index (χ1) is 12.1. The molecule has 0 aliphatic heterocycles. The van der Waals surface area contributed by atoms with E-state index in [0.29, 0.717) is 26.8 Å². The van der Waals surface area contributed by atoms with E-state index in [1.54, 1.807) is 18.2 Å². The molecule has 3 aromatic rings. The zero-order valence-corrected chi connectivity index (χ0v) is 14.6. The van der Waals surface area contributed by atoms with E-state index < -0.39 is 5.91 Å². The van der Waals surface area contributed by atoms with Crippen molar-refractivity contribution in [2.45, 2.75) is 0 Å². The number of anilines is 1. The SMILES string of the molecule is COc1ccc(C(=O)Nc2nc3ccc(F)cc3s2)c(OC)c1OC. The second-order valence-corrected chi connectivity index (χ2v) is 6.00. The van der Waals surface area contributed by atoms with E-state index in [4.69, 9.17) is 14.2 Å². The topological polar surface area (TPSA) is 69.7 Å². The number of carbonyl (C=O) groups is 1. The van der Waals surface area contributed by atoms with Gasteiger partial charge in [0.25, 0.3) is 5.91 Å². The molecule has 0 saturated heterocycles. The Morgan fingerprint density at radius 2 is 1.84 bits per heavy atom. The van der Waals surface area contributed by atoms with Gasteiger partial charge in [-0.25, -0.2) is 9.37 Å². The van der Waals surface area contributed by atoms with Crippen LogP contribution in [0.25, 0.3) is 10.2 Å². The molecule has 1 heterocycles. The molecule has 0 fully saturated rings. The fourth-order valence-corrected chi connectivity index (χ4v) is 3.28. The van der Waals surface area contributed by atoms with Gasteiger partial charge in [-0.3, -0.25) is 10.1 Å². The third-order valence-electron chi connectivity index (χ3n) is 3.52. The lowest BCUT2D eigenvalue weighted by Crippen LogP contribution is -2.13. The molecule has 1 amide bonds. The van der Waals surface area contributed by atoms with E-state index in [9.17, 15) is 9.18 Å². The smallest absolute Gasteiger partial charge is 0.261 e. The van der Waals surface area contributed by atoms with Crippen LogP contribution in [0.5, 0.6) is 17.2 Å². The van der Waals surface area contributed by atoms with Crippen molar-refractivity contribution >= 4 is 32.6 Å². The molecule has 0 unspecified atom stereocenters. The standard InChI is InChI=1S/C17H15FN2O4S/c1-22-12-7-5-10(14(23-2)15(12)24-3)16(21)20-17-19-11-6-4-9(18)8-13(11)25-17/h4-8H,1-3H3,(H,19,20,21). The van der Waals surface area contributed by atoms with Crippen molar-refractivity contribution in [3.63, 3.8) is 0 Å². The first-order valence-electron chi connectivity index (χ1n) is 7.23. The van der Waals surface area contributed by atoms with Gasteiger partial charge in [-0.05, 0) is 30.3 Å². The number of nitrogens with zero attached hydrogens (tertiary/aromatic N) is 1. The van der Waals surface area contributed by atoms with E-state index in [1.807, 2.05) is 0 Å². The molecule has 0 radical (unpaired) electrons. The summed E-state index contributed by atoms with van der Waals surface area (Å²) in [5.41, 5.74) is 0.881. The Morgan fingerprint density at radius 3 is 2.52 bits per heavy atom. The molecule has 2 aromatic carbocycles. The van der Waals surface area contributed by atoms with Crippen molar-refractivity contribution in [3.05, 3.63) is 41.7 Å². The number of carbonyl (C=O) groups excluding carboxylic acids is 1. The Kier molecular flexibility index (Phi) is 4.71. The highest BCUT2D eigenvalue weighted by Crippen LogP contribution is 2.40. The van der Waals surface area contributed by atoms with E-state index in [1.165, 1.54) is 44.8 Å². The Balaban J connectivity index is 1.94. The maximum atomic E-state index is 13.3. The van der Waals surface area contributed by atoms with E-state index in [-0.39, 0.29) is 17.1 Å². The minimum atomic E-state index is -0.419. The zero-order valence-electron chi connectivity index (χ0n) is 13.8. The molecular formula is C17H15FN2O4S. The number of hydrogen-bond acceptors (Lipinski definition) is 6. The maximum Gasteiger partial charge on any atom is 0.261 e. The summed E-state index contributed by atoms with van der Waals surface area (Å²) in [5, 5.41) is 3.06. The van der Waals surface area contributed by atoms with E-state index in [0.717, 1.165) is 0 Å². The summed E-state index contributed by atoms with van der Waals surface area (Å²) in [4.78, 5) is 16.9. The van der Waals surface area contributed by atoms with Gasteiger partial charge >= 0.3 is 0 Å². The monoisotopic (exact) mass is 362 g/mol. The highest BCUT2D eigenvalue weighted by Gasteiger charge is 2.21. The number of thiazole rings is 1. The summed E-state index contributed by atoms with van der Waals surface area (Å²) in [5.74, 6) is 0.259. The van der Waals surface area contributed by atoms with Gasteiger partial charge in [0.2, 0.25) is 5.75 Å². The lowest BCUT2D eigenvalue weighted by atomic mass is 10.1. The fourth-order valence-electron chi connectivity index (χ4n) is 2.40. The highest BCUT2D eigenvalue weighted by atomic mass is 32.1. The first kappa shape index (κ1) is 17.0. The minimum Gasteiger partial charge on any atom is -0.493 e. The Morgan fingerprint density at radius 1 is 1.08 bits per heavy atom. The normalized spacial score (nSPS) is 10.6. The fraction of sp³-hybridized carbons (Fsp3) is 0.176. The predicted octanol–water partition coefficient (Wildman–Crippen LogP) is 3.71. The third kappa shape index (κ3) is 3.20. The van der Waals surface area contributed by atoms with Gasteiger partial charge in [0.15, 0.2) is 16.6 Å². The molecular weight excluding hydrogens is 347 g/mol. The number of hydrogen-bond donors (Lipinski definition) is 1. The average Bonchev–Trinajstić information content (AvgIpc) is 3.01. The average molecular weight is 362 g/mol.